The van der Waals surface area contributed by atoms with Crippen LogP contribution in [0.3, 0.4) is 0 Å². The zero-order valence-electron chi connectivity index (χ0n) is 11.1. The maximum Gasteiger partial charge on any atom is 0.257 e. The molecule has 0 radical (unpaired) electrons. The monoisotopic (exact) mass is 296 g/mol. The Morgan fingerprint density at radius 2 is 1.62 bits per heavy atom. The van der Waals surface area contributed by atoms with Crippen LogP contribution in [0.25, 0.3) is 0 Å². The molecule has 1 amide bonds. The largest absolute Gasteiger partial charge is 0.272 e. The summed E-state index contributed by atoms with van der Waals surface area (Å²) in [6, 6.07) is 18.7. The normalized spacial score (nSPS) is 15.3. The van der Waals surface area contributed by atoms with Crippen LogP contribution in [-0.4, -0.2) is 16.8 Å². The number of amidine groups is 1. The topological polar surface area (TPSA) is 57.4 Å². The van der Waals surface area contributed by atoms with Crippen LogP contribution in [0.15, 0.2) is 76.0 Å². The molecular weight excluding hydrogens is 284 g/mol. The van der Waals surface area contributed by atoms with E-state index in [1.54, 1.807) is 0 Å². The van der Waals surface area contributed by atoms with E-state index < -0.39 is 0 Å². The Labute approximate surface area is 126 Å². The summed E-state index contributed by atoms with van der Waals surface area (Å²) >= 11 is 1.29. The maximum absolute atomic E-state index is 11.9. The fraction of sp³-hybridized carbons (Fsp3) is 0.0667. The molecule has 1 heterocycles. The fourth-order valence-electron chi connectivity index (χ4n) is 1.77. The summed E-state index contributed by atoms with van der Waals surface area (Å²) in [7, 11) is 0. The molecule has 0 saturated heterocycles. The lowest BCUT2D eigenvalue weighted by Gasteiger charge is -2.20. The highest BCUT2D eigenvalue weighted by molar-refractivity contribution is 8.14. The van der Waals surface area contributed by atoms with Gasteiger partial charge in [0.15, 0.2) is 0 Å². The lowest BCUT2D eigenvalue weighted by atomic mass is 10.3. The number of carbonyl (C=O) groups is 1. The van der Waals surface area contributed by atoms with Crippen molar-refractivity contribution >= 4 is 34.2 Å². The highest BCUT2D eigenvalue weighted by atomic mass is 32.2. The SMILES string of the molecule is O=C1CSC(N=Nc2ccccc2)=NN1c1ccccc1. The van der Waals surface area contributed by atoms with Crippen LogP contribution in [-0.2, 0) is 4.79 Å². The molecule has 0 N–H and O–H groups in total. The van der Waals surface area contributed by atoms with Gasteiger partial charge in [-0.1, -0.05) is 48.2 Å². The van der Waals surface area contributed by atoms with Crippen molar-refractivity contribution in [1.82, 2.24) is 0 Å². The number of hydrazone groups is 1. The van der Waals surface area contributed by atoms with Crippen LogP contribution < -0.4 is 5.01 Å². The Bertz CT molecular complexity index is 685. The van der Waals surface area contributed by atoms with E-state index in [4.69, 9.17) is 0 Å². The third-order valence-corrected chi connectivity index (χ3v) is 3.57. The standard InChI is InChI=1S/C15H12N4OS/c20-14-11-21-15(17-16-12-7-3-1-4-8-12)18-19(14)13-9-5-2-6-10-13/h1-10H,11H2. The molecule has 1 aliphatic rings. The number of nitrogens with zero attached hydrogens (tertiary/aromatic N) is 4. The molecule has 0 fully saturated rings. The number of hydrogen-bond acceptors (Lipinski definition) is 5. The molecule has 0 aliphatic carbocycles. The molecule has 104 valence electrons. The van der Waals surface area contributed by atoms with Crippen molar-refractivity contribution in [3.05, 3.63) is 60.7 Å². The van der Waals surface area contributed by atoms with Crippen molar-refractivity contribution in [3.63, 3.8) is 0 Å². The van der Waals surface area contributed by atoms with E-state index in [2.05, 4.69) is 15.3 Å². The summed E-state index contributed by atoms with van der Waals surface area (Å²) in [6.07, 6.45) is 0. The zero-order chi connectivity index (χ0) is 14.5. The first-order valence-electron chi connectivity index (χ1n) is 6.39. The van der Waals surface area contributed by atoms with E-state index >= 15 is 0 Å². The van der Waals surface area contributed by atoms with Gasteiger partial charge in [-0.15, -0.1) is 15.3 Å². The van der Waals surface area contributed by atoms with Crippen molar-refractivity contribution in [2.45, 2.75) is 0 Å². The molecule has 0 spiro atoms. The lowest BCUT2D eigenvalue weighted by Crippen LogP contribution is -2.31. The van der Waals surface area contributed by atoms with Crippen molar-refractivity contribution in [1.29, 1.82) is 0 Å². The molecule has 6 heteroatoms. The summed E-state index contributed by atoms with van der Waals surface area (Å²) in [5.74, 6) is 0.242. The summed E-state index contributed by atoms with van der Waals surface area (Å²) in [5, 5.41) is 14.3. The van der Waals surface area contributed by atoms with Gasteiger partial charge in [0.05, 0.1) is 17.1 Å². The van der Waals surface area contributed by atoms with E-state index in [9.17, 15) is 4.79 Å². The van der Waals surface area contributed by atoms with Crippen LogP contribution in [0.2, 0.25) is 0 Å². The zero-order valence-corrected chi connectivity index (χ0v) is 11.9. The average Bonchev–Trinajstić information content (AvgIpc) is 2.56. The van der Waals surface area contributed by atoms with Crippen LogP contribution in [0.4, 0.5) is 11.4 Å². The molecule has 1 aliphatic heterocycles. The van der Waals surface area contributed by atoms with Gasteiger partial charge >= 0.3 is 0 Å². The number of thioether (sulfide) groups is 1. The van der Waals surface area contributed by atoms with Gasteiger partial charge in [-0.25, -0.2) is 0 Å². The lowest BCUT2D eigenvalue weighted by molar-refractivity contribution is -0.116. The van der Waals surface area contributed by atoms with Gasteiger partial charge in [0.2, 0.25) is 5.17 Å². The van der Waals surface area contributed by atoms with Crippen LogP contribution in [0, 0.1) is 0 Å². The quantitative estimate of drug-likeness (QED) is 0.791. The first-order chi connectivity index (χ1) is 10.3. The number of amides is 1. The molecule has 0 bridgehead atoms. The Morgan fingerprint density at radius 1 is 0.952 bits per heavy atom. The molecule has 21 heavy (non-hydrogen) atoms. The van der Waals surface area contributed by atoms with Crippen LogP contribution in [0.5, 0.6) is 0 Å². The van der Waals surface area contributed by atoms with Gasteiger partial charge in [-0.2, -0.15) is 5.01 Å². The molecule has 0 atom stereocenters. The van der Waals surface area contributed by atoms with Crippen LogP contribution >= 0.6 is 11.8 Å². The molecule has 2 aromatic carbocycles. The van der Waals surface area contributed by atoms with Gasteiger partial charge in [0, 0.05) is 0 Å². The number of hydrogen-bond donors (Lipinski definition) is 0. The number of rotatable bonds is 2. The summed E-state index contributed by atoms with van der Waals surface area (Å²) < 4.78 is 0. The highest BCUT2D eigenvalue weighted by Crippen LogP contribution is 2.23. The van der Waals surface area contributed by atoms with Crippen LogP contribution in [0.1, 0.15) is 0 Å². The second-order valence-corrected chi connectivity index (χ2v) is 5.19. The number of benzene rings is 2. The average molecular weight is 296 g/mol. The van der Waals surface area contributed by atoms with Gasteiger partial charge in [-0.3, -0.25) is 4.79 Å². The summed E-state index contributed by atoms with van der Waals surface area (Å²) in [6.45, 7) is 0. The van der Waals surface area contributed by atoms with Crippen molar-refractivity contribution in [3.8, 4) is 0 Å². The Kier molecular flexibility index (Phi) is 4.07. The highest BCUT2D eigenvalue weighted by Gasteiger charge is 2.22. The smallest absolute Gasteiger partial charge is 0.257 e. The molecule has 2 aromatic rings. The number of para-hydroxylation sites is 1. The minimum Gasteiger partial charge on any atom is -0.272 e. The molecule has 0 unspecified atom stereocenters. The molecular formula is C15H12N4OS. The molecule has 0 aromatic heterocycles. The Hall–Kier alpha value is -2.47. The van der Waals surface area contributed by atoms with E-state index in [1.807, 2.05) is 60.7 Å². The summed E-state index contributed by atoms with van der Waals surface area (Å²) in [5.41, 5.74) is 1.49. The van der Waals surface area contributed by atoms with E-state index in [0.717, 1.165) is 11.4 Å². The number of anilines is 1. The van der Waals surface area contributed by atoms with Gasteiger partial charge in [0.1, 0.15) is 0 Å². The molecule has 0 saturated carbocycles. The maximum atomic E-state index is 11.9. The summed E-state index contributed by atoms with van der Waals surface area (Å²) in [4.78, 5) is 11.9. The fourth-order valence-corrected chi connectivity index (χ4v) is 2.39. The van der Waals surface area contributed by atoms with E-state index in [0.29, 0.717) is 10.9 Å². The molecule has 3 rings (SSSR count). The second-order valence-electron chi connectivity index (χ2n) is 4.25. The minimum absolute atomic E-state index is 0.0649. The second kappa shape index (κ2) is 6.32. The van der Waals surface area contributed by atoms with Gasteiger partial charge in [0.25, 0.3) is 5.91 Å². The van der Waals surface area contributed by atoms with Crippen molar-refractivity contribution in [2.75, 3.05) is 10.8 Å². The predicted octanol–water partition coefficient (Wildman–Crippen LogP) is 3.82. The van der Waals surface area contributed by atoms with E-state index in [1.165, 1.54) is 16.8 Å². The van der Waals surface area contributed by atoms with Gasteiger partial charge in [-0.05, 0) is 24.3 Å². The first kappa shape index (κ1) is 13.5. The first-order valence-corrected chi connectivity index (χ1v) is 7.38. The minimum atomic E-state index is -0.0649. The van der Waals surface area contributed by atoms with Gasteiger partial charge < -0.3 is 0 Å². The van der Waals surface area contributed by atoms with E-state index in [-0.39, 0.29) is 5.91 Å². The molecule has 5 nitrogen and oxygen atoms in total. The Balaban J connectivity index is 1.83. The van der Waals surface area contributed by atoms with Crippen molar-refractivity contribution in [2.24, 2.45) is 15.3 Å². The predicted molar refractivity (Wildman–Crippen MR) is 84.8 cm³/mol. The third-order valence-electron chi connectivity index (χ3n) is 2.75. The number of azo groups is 1. The number of carbonyl (C=O) groups excluding carboxylic acids is 1. The third kappa shape index (κ3) is 3.35. The van der Waals surface area contributed by atoms with Crippen molar-refractivity contribution < 1.29 is 4.79 Å². The Morgan fingerprint density at radius 3 is 2.33 bits per heavy atom.